The molecule has 4 heteroatoms. The topological polar surface area (TPSA) is 26.0 Å². The molecule has 3 aromatic carbocycles. The van der Waals surface area contributed by atoms with Crippen LogP contribution < -0.4 is 5.73 Å². The zero-order valence-corrected chi connectivity index (χ0v) is 13.8. The van der Waals surface area contributed by atoms with Gasteiger partial charge in [-0.1, -0.05) is 54.6 Å². The summed E-state index contributed by atoms with van der Waals surface area (Å²) >= 11 is 0. The number of benzene rings is 3. The van der Waals surface area contributed by atoms with E-state index in [1.165, 1.54) is 17.7 Å². The van der Waals surface area contributed by atoms with E-state index in [0.717, 1.165) is 35.2 Å². The lowest BCUT2D eigenvalue weighted by atomic mass is 9.94. The van der Waals surface area contributed by atoms with Crippen LogP contribution >= 0.6 is 0 Å². The van der Waals surface area contributed by atoms with Crippen LogP contribution in [0, 0.1) is 0 Å². The second kappa shape index (κ2) is 7.28. The minimum absolute atomic E-state index is 0.459. The highest BCUT2D eigenvalue weighted by Gasteiger charge is 2.30. The predicted octanol–water partition coefficient (Wildman–Crippen LogP) is 5.49. The number of hydrogen-bond acceptors (Lipinski definition) is 1. The summed E-state index contributed by atoms with van der Waals surface area (Å²) in [5.74, 6) is 0. The molecular weight excluding hydrogens is 323 g/mol. The number of rotatable bonds is 5. The van der Waals surface area contributed by atoms with Gasteiger partial charge in [0.05, 0.1) is 5.56 Å². The van der Waals surface area contributed by atoms with Gasteiger partial charge in [0.1, 0.15) is 0 Å². The van der Waals surface area contributed by atoms with Gasteiger partial charge in [0.25, 0.3) is 0 Å². The molecular formula is C21H20F3N. The second-order valence-corrected chi connectivity index (χ2v) is 6.18. The van der Waals surface area contributed by atoms with E-state index in [1.54, 1.807) is 6.07 Å². The maximum Gasteiger partial charge on any atom is 0.416 e. The molecule has 0 amide bonds. The minimum Gasteiger partial charge on any atom is -0.326 e. The van der Waals surface area contributed by atoms with Crippen molar-refractivity contribution < 1.29 is 13.2 Å². The largest absolute Gasteiger partial charge is 0.416 e. The van der Waals surface area contributed by atoms with Gasteiger partial charge in [-0.05, 0) is 52.8 Å². The maximum atomic E-state index is 12.8. The molecule has 0 aromatic heterocycles. The highest BCUT2D eigenvalue weighted by molar-refractivity contribution is 5.86. The van der Waals surface area contributed by atoms with Crippen molar-refractivity contribution in [3.8, 4) is 0 Å². The van der Waals surface area contributed by atoms with E-state index in [4.69, 9.17) is 5.73 Å². The Labute approximate surface area is 145 Å². The summed E-state index contributed by atoms with van der Waals surface area (Å²) in [5, 5.41) is 2.31. The zero-order valence-electron chi connectivity index (χ0n) is 13.8. The van der Waals surface area contributed by atoms with Gasteiger partial charge in [-0.15, -0.1) is 0 Å². The number of alkyl halides is 3. The molecule has 1 nitrogen and oxygen atoms in total. The molecule has 3 rings (SSSR count). The predicted molar refractivity (Wildman–Crippen MR) is 95.3 cm³/mol. The fourth-order valence-electron chi connectivity index (χ4n) is 3.24. The van der Waals surface area contributed by atoms with Crippen LogP contribution in [-0.2, 0) is 25.6 Å². The van der Waals surface area contributed by atoms with Crippen LogP contribution in [0.15, 0.2) is 60.7 Å². The van der Waals surface area contributed by atoms with Crippen LogP contribution in [-0.4, -0.2) is 0 Å². The van der Waals surface area contributed by atoms with Gasteiger partial charge < -0.3 is 5.73 Å². The molecule has 0 atom stereocenters. The minimum atomic E-state index is -4.29. The highest BCUT2D eigenvalue weighted by Crippen LogP contribution is 2.30. The first-order chi connectivity index (χ1) is 12.0. The van der Waals surface area contributed by atoms with E-state index in [9.17, 15) is 13.2 Å². The summed E-state index contributed by atoms with van der Waals surface area (Å²) < 4.78 is 38.4. The summed E-state index contributed by atoms with van der Waals surface area (Å²) in [6, 6.07) is 17.8. The van der Waals surface area contributed by atoms with Crippen LogP contribution in [0.25, 0.3) is 10.8 Å². The fourth-order valence-corrected chi connectivity index (χ4v) is 3.24. The molecule has 0 bridgehead atoms. The molecule has 0 saturated carbocycles. The van der Waals surface area contributed by atoms with Crippen molar-refractivity contribution in [3.63, 3.8) is 0 Å². The lowest BCUT2D eigenvalue weighted by molar-refractivity contribution is -0.137. The first-order valence-corrected chi connectivity index (χ1v) is 8.35. The van der Waals surface area contributed by atoms with Crippen molar-refractivity contribution >= 4 is 10.8 Å². The molecule has 0 aliphatic rings. The van der Waals surface area contributed by atoms with Gasteiger partial charge >= 0.3 is 6.18 Å². The van der Waals surface area contributed by atoms with Crippen molar-refractivity contribution in [3.05, 3.63) is 82.9 Å². The van der Waals surface area contributed by atoms with Gasteiger partial charge in [0, 0.05) is 6.54 Å². The van der Waals surface area contributed by atoms with Gasteiger partial charge in [-0.2, -0.15) is 13.2 Å². The molecule has 0 heterocycles. The van der Waals surface area contributed by atoms with E-state index >= 15 is 0 Å². The molecule has 0 spiro atoms. The van der Waals surface area contributed by atoms with Crippen molar-refractivity contribution in [2.24, 2.45) is 5.73 Å². The highest BCUT2D eigenvalue weighted by atomic mass is 19.4. The Morgan fingerprint density at radius 3 is 2.40 bits per heavy atom. The third-order valence-electron chi connectivity index (χ3n) is 4.51. The van der Waals surface area contributed by atoms with Crippen LogP contribution in [0.2, 0.25) is 0 Å². The fraction of sp³-hybridized carbons (Fsp3) is 0.238. The van der Waals surface area contributed by atoms with Crippen molar-refractivity contribution in [1.82, 2.24) is 0 Å². The first-order valence-electron chi connectivity index (χ1n) is 8.35. The monoisotopic (exact) mass is 343 g/mol. The SMILES string of the molecule is NCc1c(CCCc2cccc(C(F)(F)F)c2)ccc2ccccc12. The van der Waals surface area contributed by atoms with Gasteiger partial charge in [-0.3, -0.25) is 0 Å². The van der Waals surface area contributed by atoms with E-state index < -0.39 is 11.7 Å². The zero-order chi connectivity index (χ0) is 17.9. The van der Waals surface area contributed by atoms with Gasteiger partial charge in [0.2, 0.25) is 0 Å². The molecule has 0 aliphatic carbocycles. The molecule has 0 aliphatic heterocycles. The summed E-state index contributed by atoms with van der Waals surface area (Å²) in [4.78, 5) is 0. The lowest BCUT2D eigenvalue weighted by Crippen LogP contribution is -2.06. The molecule has 0 unspecified atom stereocenters. The van der Waals surface area contributed by atoms with Gasteiger partial charge in [-0.25, -0.2) is 0 Å². The second-order valence-electron chi connectivity index (χ2n) is 6.18. The van der Waals surface area contributed by atoms with Crippen molar-refractivity contribution in [2.45, 2.75) is 32.0 Å². The van der Waals surface area contributed by atoms with E-state index in [2.05, 4.69) is 24.3 Å². The van der Waals surface area contributed by atoms with Crippen molar-refractivity contribution in [2.75, 3.05) is 0 Å². The third kappa shape index (κ3) is 4.02. The summed E-state index contributed by atoms with van der Waals surface area (Å²) in [7, 11) is 0. The number of halogens is 3. The normalized spacial score (nSPS) is 11.8. The average Bonchev–Trinajstić information content (AvgIpc) is 2.61. The number of fused-ring (bicyclic) bond motifs is 1. The van der Waals surface area contributed by atoms with Crippen LogP contribution in [0.1, 0.15) is 28.7 Å². The number of aryl methyl sites for hydroxylation is 2. The molecule has 0 fully saturated rings. The van der Waals surface area contributed by atoms with Crippen LogP contribution in [0.4, 0.5) is 13.2 Å². The molecule has 3 aromatic rings. The molecule has 0 radical (unpaired) electrons. The Morgan fingerprint density at radius 2 is 1.64 bits per heavy atom. The van der Waals surface area contributed by atoms with E-state index in [-0.39, 0.29) is 0 Å². The summed E-state index contributed by atoms with van der Waals surface area (Å²) in [5.41, 5.74) is 8.37. The Balaban J connectivity index is 1.73. The third-order valence-corrected chi connectivity index (χ3v) is 4.51. The Bertz CT molecular complexity index is 868. The summed E-state index contributed by atoms with van der Waals surface area (Å²) in [6.45, 7) is 0.459. The lowest BCUT2D eigenvalue weighted by Gasteiger charge is -2.12. The smallest absolute Gasteiger partial charge is 0.326 e. The molecule has 0 saturated heterocycles. The molecule has 2 N–H and O–H groups in total. The van der Waals surface area contributed by atoms with E-state index in [1.807, 2.05) is 12.1 Å². The van der Waals surface area contributed by atoms with Crippen LogP contribution in [0.5, 0.6) is 0 Å². The Hall–Kier alpha value is -2.33. The van der Waals surface area contributed by atoms with Crippen molar-refractivity contribution in [1.29, 1.82) is 0 Å². The average molecular weight is 343 g/mol. The van der Waals surface area contributed by atoms with Gasteiger partial charge in [0.15, 0.2) is 0 Å². The number of nitrogens with two attached hydrogens (primary N) is 1. The number of hydrogen-bond donors (Lipinski definition) is 1. The van der Waals surface area contributed by atoms with E-state index in [0.29, 0.717) is 18.5 Å². The van der Waals surface area contributed by atoms with Crippen LogP contribution in [0.3, 0.4) is 0 Å². The molecule has 130 valence electrons. The maximum absolute atomic E-state index is 12.8. The summed E-state index contributed by atoms with van der Waals surface area (Å²) in [6.07, 6.45) is -2.10. The Morgan fingerprint density at radius 1 is 0.840 bits per heavy atom. The first kappa shape index (κ1) is 17.5. The molecule has 25 heavy (non-hydrogen) atoms. The quantitative estimate of drug-likeness (QED) is 0.651. The Kier molecular flexibility index (Phi) is 5.09. The standard InChI is InChI=1S/C21H20F3N/c22-21(23,24)18-9-4-6-15(13-18)5-3-8-17-12-11-16-7-1-2-10-19(16)20(17)14-25/h1-2,4,6-7,9-13H,3,5,8,14,25H2.